The summed E-state index contributed by atoms with van der Waals surface area (Å²) in [6, 6.07) is 14.5. The van der Waals surface area contributed by atoms with Crippen LogP contribution in [0.4, 0.5) is 29.0 Å². The zero-order valence-corrected chi connectivity index (χ0v) is 20.8. The lowest BCUT2D eigenvalue weighted by Gasteiger charge is -2.34. The smallest absolute Gasteiger partial charge is 0.257 e. The number of amides is 1. The van der Waals surface area contributed by atoms with Gasteiger partial charge in [0.05, 0.1) is 28.7 Å². The van der Waals surface area contributed by atoms with E-state index in [4.69, 9.17) is 0 Å². The highest BCUT2D eigenvalue weighted by molar-refractivity contribution is 9.10. The normalized spacial score (nSPS) is 13.5. The van der Waals surface area contributed by atoms with Gasteiger partial charge in [-0.05, 0) is 46.3 Å². The van der Waals surface area contributed by atoms with Gasteiger partial charge in [0.15, 0.2) is 17.4 Å². The highest BCUT2D eigenvalue weighted by Gasteiger charge is 2.26. The Morgan fingerprint density at radius 2 is 1.54 bits per heavy atom. The zero-order valence-electron chi connectivity index (χ0n) is 18.4. The third-order valence-corrected chi connectivity index (χ3v) is 6.76. The number of benzene rings is 2. The average Bonchev–Trinajstić information content (AvgIpc) is 3.33. The van der Waals surface area contributed by atoms with E-state index in [9.17, 15) is 9.90 Å². The first kappa shape index (κ1) is 23.0. The number of carbonyl (C=O) groups is 1. The summed E-state index contributed by atoms with van der Waals surface area (Å²) >= 11 is 4.54. The fourth-order valence-corrected chi connectivity index (χ4v) is 4.57. The lowest BCUT2D eigenvalue weighted by Crippen LogP contribution is -2.49. The molecule has 0 spiro atoms. The fourth-order valence-electron chi connectivity index (χ4n) is 3.72. The number of phenols is 1. The predicted octanol–water partition coefficient (Wildman–Crippen LogP) is 4.25. The molecule has 1 fully saturated rings. The van der Waals surface area contributed by atoms with Crippen LogP contribution in [-0.2, 0) is 0 Å². The molecule has 10 nitrogen and oxygen atoms in total. The van der Waals surface area contributed by atoms with Crippen molar-refractivity contribution in [3.8, 4) is 5.75 Å². The Morgan fingerprint density at radius 1 is 0.886 bits per heavy atom. The molecule has 5 rings (SSSR count). The topological polar surface area (TPSA) is 119 Å². The summed E-state index contributed by atoms with van der Waals surface area (Å²) in [6.07, 6.45) is 3.40. The minimum absolute atomic E-state index is 0.133. The number of nitrogens with one attached hydrogen (secondary N) is 2. The molecule has 0 radical (unpaired) electrons. The number of para-hydroxylation sites is 2. The maximum atomic E-state index is 13.2. The van der Waals surface area contributed by atoms with E-state index in [1.165, 1.54) is 0 Å². The third kappa shape index (κ3) is 5.03. The molecule has 1 saturated heterocycles. The van der Waals surface area contributed by atoms with Gasteiger partial charge in [0.1, 0.15) is 0 Å². The van der Waals surface area contributed by atoms with E-state index < -0.39 is 0 Å². The van der Waals surface area contributed by atoms with Crippen molar-refractivity contribution >= 4 is 62.5 Å². The summed E-state index contributed by atoms with van der Waals surface area (Å²) in [7, 11) is 0. The number of piperazine rings is 1. The number of rotatable bonds is 6. The molecular formula is C23H21BrN8O2S. The Bertz CT molecular complexity index is 1330. The fraction of sp³-hybridized carbons (Fsp3) is 0.174. The van der Waals surface area contributed by atoms with Crippen LogP contribution in [0.25, 0.3) is 0 Å². The Morgan fingerprint density at radius 3 is 2.26 bits per heavy atom. The Kier molecular flexibility index (Phi) is 6.73. The summed E-state index contributed by atoms with van der Waals surface area (Å²) in [5, 5.41) is 17.3. The molecule has 3 heterocycles. The van der Waals surface area contributed by atoms with E-state index >= 15 is 0 Å². The monoisotopic (exact) mass is 552 g/mol. The molecule has 2 aromatic carbocycles. The van der Waals surface area contributed by atoms with Gasteiger partial charge in [-0.25, -0.2) is 9.97 Å². The highest BCUT2D eigenvalue weighted by atomic mass is 79.9. The first-order valence-corrected chi connectivity index (χ1v) is 12.4. The molecule has 35 heavy (non-hydrogen) atoms. The van der Waals surface area contributed by atoms with Crippen LogP contribution in [0.1, 0.15) is 10.4 Å². The number of anilines is 5. The van der Waals surface area contributed by atoms with Gasteiger partial charge in [-0.15, -0.1) is 0 Å². The SMILES string of the molecule is O=C(c1cccc(Nc2nsnc2Nc2ccccc2Br)c1O)N1CCN(c2ncccn2)CC1. The molecule has 1 aliphatic rings. The first-order chi connectivity index (χ1) is 17.1. The number of nitrogens with zero attached hydrogens (tertiary/aromatic N) is 6. The summed E-state index contributed by atoms with van der Waals surface area (Å²) in [6.45, 7) is 2.24. The van der Waals surface area contributed by atoms with Gasteiger partial charge >= 0.3 is 0 Å². The van der Waals surface area contributed by atoms with Gasteiger partial charge in [-0.2, -0.15) is 8.75 Å². The minimum atomic E-state index is -0.234. The van der Waals surface area contributed by atoms with Crippen LogP contribution in [0.2, 0.25) is 0 Å². The largest absolute Gasteiger partial charge is 0.505 e. The van der Waals surface area contributed by atoms with Crippen LogP contribution in [0.5, 0.6) is 5.75 Å². The lowest BCUT2D eigenvalue weighted by atomic mass is 10.1. The van der Waals surface area contributed by atoms with Gasteiger partial charge in [0.2, 0.25) is 5.95 Å². The molecule has 178 valence electrons. The Labute approximate surface area is 214 Å². The third-order valence-electron chi connectivity index (χ3n) is 5.54. The van der Waals surface area contributed by atoms with Crippen LogP contribution in [0.15, 0.2) is 65.4 Å². The standard InChI is InChI=1S/C23H21BrN8O2S/c24-16-6-1-2-7-17(16)27-20-21(30-35-29-20)28-18-8-3-5-15(19(18)33)22(34)31-11-13-32(14-12-31)23-25-9-4-10-26-23/h1-10,33H,11-14H2,(H,27,29)(H,28,30). The van der Waals surface area contributed by atoms with Crippen molar-refractivity contribution < 1.29 is 9.90 Å². The molecule has 0 unspecified atom stereocenters. The molecule has 4 aromatic rings. The van der Waals surface area contributed by atoms with E-state index in [0.29, 0.717) is 49.5 Å². The van der Waals surface area contributed by atoms with Crippen molar-refractivity contribution in [2.24, 2.45) is 0 Å². The maximum Gasteiger partial charge on any atom is 0.257 e. The average molecular weight is 553 g/mol. The number of hydrogen-bond acceptors (Lipinski definition) is 10. The molecule has 1 amide bonds. The van der Waals surface area contributed by atoms with Crippen molar-refractivity contribution in [3.63, 3.8) is 0 Å². The number of aromatic nitrogens is 4. The van der Waals surface area contributed by atoms with Gasteiger partial charge in [0.25, 0.3) is 5.91 Å². The number of hydrogen-bond donors (Lipinski definition) is 3. The van der Waals surface area contributed by atoms with Gasteiger partial charge in [-0.3, -0.25) is 4.79 Å². The lowest BCUT2D eigenvalue weighted by molar-refractivity contribution is 0.0743. The number of halogens is 1. The van der Waals surface area contributed by atoms with Crippen molar-refractivity contribution in [1.29, 1.82) is 0 Å². The second-order valence-electron chi connectivity index (χ2n) is 7.72. The molecule has 0 saturated carbocycles. The summed E-state index contributed by atoms with van der Waals surface area (Å²) in [5.74, 6) is 1.24. The molecule has 0 atom stereocenters. The number of phenolic OH excluding ortho intramolecular Hbond substituents is 1. The number of aromatic hydroxyl groups is 1. The van der Waals surface area contributed by atoms with Crippen LogP contribution < -0.4 is 15.5 Å². The van der Waals surface area contributed by atoms with Crippen LogP contribution in [-0.4, -0.2) is 60.8 Å². The summed E-state index contributed by atoms with van der Waals surface area (Å²) < 4.78 is 9.49. The van der Waals surface area contributed by atoms with E-state index in [0.717, 1.165) is 21.9 Å². The van der Waals surface area contributed by atoms with Crippen molar-refractivity contribution in [2.45, 2.75) is 0 Å². The van der Waals surface area contributed by atoms with Crippen LogP contribution in [0.3, 0.4) is 0 Å². The van der Waals surface area contributed by atoms with Crippen molar-refractivity contribution in [2.75, 3.05) is 41.7 Å². The summed E-state index contributed by atoms with van der Waals surface area (Å²) in [5.41, 5.74) is 1.43. The highest BCUT2D eigenvalue weighted by Crippen LogP contribution is 2.34. The van der Waals surface area contributed by atoms with E-state index in [1.54, 1.807) is 41.6 Å². The van der Waals surface area contributed by atoms with Crippen molar-refractivity contribution in [3.05, 3.63) is 71.0 Å². The van der Waals surface area contributed by atoms with E-state index in [2.05, 4.69) is 45.3 Å². The van der Waals surface area contributed by atoms with E-state index in [-0.39, 0.29) is 17.2 Å². The summed E-state index contributed by atoms with van der Waals surface area (Å²) in [4.78, 5) is 25.5. The zero-order chi connectivity index (χ0) is 24.2. The van der Waals surface area contributed by atoms with Crippen LogP contribution >= 0.6 is 27.7 Å². The molecule has 12 heteroatoms. The molecular weight excluding hydrogens is 532 g/mol. The Balaban J connectivity index is 1.29. The Hall–Kier alpha value is -3.77. The molecule has 1 aliphatic heterocycles. The minimum Gasteiger partial charge on any atom is -0.505 e. The quantitative estimate of drug-likeness (QED) is 0.301. The number of carbonyl (C=O) groups excluding carboxylic acids is 1. The maximum absolute atomic E-state index is 13.2. The van der Waals surface area contributed by atoms with Gasteiger partial charge in [-0.1, -0.05) is 18.2 Å². The molecule has 3 N–H and O–H groups in total. The van der Waals surface area contributed by atoms with E-state index in [1.807, 2.05) is 29.2 Å². The van der Waals surface area contributed by atoms with Crippen molar-refractivity contribution in [1.82, 2.24) is 23.6 Å². The van der Waals surface area contributed by atoms with Gasteiger partial charge in [0, 0.05) is 43.0 Å². The molecule has 0 aliphatic carbocycles. The molecule has 0 bridgehead atoms. The van der Waals surface area contributed by atoms with Crippen LogP contribution in [0, 0.1) is 0 Å². The first-order valence-electron chi connectivity index (χ1n) is 10.8. The second kappa shape index (κ2) is 10.2. The molecule has 2 aromatic heterocycles. The predicted molar refractivity (Wildman–Crippen MR) is 139 cm³/mol. The second-order valence-corrected chi connectivity index (χ2v) is 9.10. The van der Waals surface area contributed by atoms with Gasteiger partial charge < -0.3 is 25.5 Å².